The van der Waals surface area contributed by atoms with Crippen molar-refractivity contribution in [2.75, 3.05) is 6.54 Å². The van der Waals surface area contributed by atoms with Crippen molar-refractivity contribution in [1.29, 1.82) is 0 Å². The fraction of sp³-hybridized carbons (Fsp3) is 0.765. The Hall–Kier alpha value is -0.630. The summed E-state index contributed by atoms with van der Waals surface area (Å²) in [5.74, 6) is 0.155. The monoisotopic (exact) mass is 429 g/mol. The number of rotatable bonds is 1. The first-order chi connectivity index (χ1) is 11.0. The number of halogens is 1. The highest BCUT2D eigenvalue weighted by molar-refractivity contribution is 14.1. The number of carbonyl (C=O) groups is 1. The lowest BCUT2D eigenvalue weighted by Crippen LogP contribution is -2.43. The van der Waals surface area contributed by atoms with Crippen LogP contribution in [-0.2, 0) is 17.8 Å². The SMILES string of the molecule is CC(=O)N1CCc2c(c(I)nn2C2CCC3(CC2)CC(O)C3)C1. The molecule has 1 N–H and O–H groups in total. The summed E-state index contributed by atoms with van der Waals surface area (Å²) in [5, 5.41) is 14.5. The molecule has 0 atom stereocenters. The number of aromatic nitrogens is 2. The topological polar surface area (TPSA) is 58.4 Å². The Bertz CT molecular complexity index is 626. The standard InChI is InChI=1S/C17H24IN3O2/c1-11(22)20-7-4-15-14(10-20)16(18)19-21(15)12-2-5-17(6-3-12)8-13(23)9-17/h12-13,23H,2-10H2,1H3. The van der Waals surface area contributed by atoms with Crippen molar-refractivity contribution >= 4 is 28.5 Å². The largest absolute Gasteiger partial charge is 0.393 e. The zero-order valence-electron chi connectivity index (χ0n) is 13.6. The lowest BCUT2D eigenvalue weighted by Gasteiger charge is -2.49. The van der Waals surface area contributed by atoms with Gasteiger partial charge in [0.05, 0.1) is 18.7 Å². The normalized spacial score (nSPS) is 33.4. The summed E-state index contributed by atoms with van der Waals surface area (Å²) in [6.45, 7) is 3.18. The summed E-state index contributed by atoms with van der Waals surface area (Å²) in [6.07, 6.45) is 7.66. The summed E-state index contributed by atoms with van der Waals surface area (Å²) >= 11 is 2.32. The molecule has 1 aromatic heterocycles. The molecule has 0 unspecified atom stereocenters. The number of amides is 1. The molecule has 1 spiro atoms. The molecule has 0 saturated heterocycles. The molecule has 2 heterocycles. The Kier molecular flexibility index (Phi) is 3.95. The Morgan fingerprint density at radius 2 is 2.04 bits per heavy atom. The zero-order chi connectivity index (χ0) is 16.2. The van der Waals surface area contributed by atoms with Gasteiger partial charge < -0.3 is 10.0 Å². The molecule has 3 aliphatic rings. The molecule has 2 saturated carbocycles. The van der Waals surface area contributed by atoms with E-state index < -0.39 is 0 Å². The highest BCUT2D eigenvalue weighted by Gasteiger charge is 2.46. The van der Waals surface area contributed by atoms with E-state index in [-0.39, 0.29) is 12.0 Å². The predicted molar refractivity (Wildman–Crippen MR) is 94.9 cm³/mol. The van der Waals surface area contributed by atoms with Gasteiger partial charge in [0.2, 0.25) is 5.91 Å². The minimum absolute atomic E-state index is 0.0532. The van der Waals surface area contributed by atoms with Gasteiger partial charge in [-0.15, -0.1) is 0 Å². The molecule has 1 amide bonds. The molecule has 6 heteroatoms. The Balaban J connectivity index is 1.51. The van der Waals surface area contributed by atoms with E-state index in [1.165, 1.54) is 36.9 Å². The van der Waals surface area contributed by atoms with E-state index in [0.717, 1.165) is 29.5 Å². The Morgan fingerprint density at radius 1 is 1.35 bits per heavy atom. The summed E-state index contributed by atoms with van der Waals surface area (Å²) in [7, 11) is 0. The molecule has 126 valence electrons. The second-order valence-corrected chi connectivity index (χ2v) is 8.67. The van der Waals surface area contributed by atoms with E-state index in [0.29, 0.717) is 18.0 Å². The fourth-order valence-electron chi connectivity index (χ4n) is 4.78. The van der Waals surface area contributed by atoms with Crippen molar-refractivity contribution in [3.05, 3.63) is 15.0 Å². The molecule has 5 nitrogen and oxygen atoms in total. The van der Waals surface area contributed by atoms with Crippen molar-refractivity contribution in [2.45, 2.75) is 70.6 Å². The maximum Gasteiger partial charge on any atom is 0.219 e. The first-order valence-electron chi connectivity index (χ1n) is 8.67. The lowest BCUT2D eigenvalue weighted by atomic mass is 9.59. The molecule has 0 aromatic carbocycles. The Morgan fingerprint density at radius 3 is 2.65 bits per heavy atom. The van der Waals surface area contributed by atoms with Crippen LogP contribution in [0.5, 0.6) is 0 Å². The second-order valence-electron chi connectivity index (χ2n) is 7.64. The van der Waals surface area contributed by atoms with Crippen LogP contribution in [0.2, 0.25) is 0 Å². The van der Waals surface area contributed by atoms with Crippen LogP contribution in [0.4, 0.5) is 0 Å². The molecule has 2 fully saturated rings. The van der Waals surface area contributed by atoms with Gasteiger partial charge in [0.1, 0.15) is 3.70 Å². The van der Waals surface area contributed by atoms with Gasteiger partial charge in [-0.2, -0.15) is 5.10 Å². The summed E-state index contributed by atoms with van der Waals surface area (Å²) < 4.78 is 3.33. The smallest absolute Gasteiger partial charge is 0.219 e. The van der Waals surface area contributed by atoms with E-state index in [4.69, 9.17) is 5.10 Å². The molecule has 2 aliphatic carbocycles. The minimum atomic E-state index is -0.0532. The number of carbonyl (C=O) groups excluding carboxylic acids is 1. The third kappa shape index (κ3) is 2.71. The van der Waals surface area contributed by atoms with Crippen LogP contribution < -0.4 is 0 Å². The highest BCUT2D eigenvalue weighted by atomic mass is 127. The van der Waals surface area contributed by atoms with Gasteiger partial charge in [-0.05, 0) is 66.5 Å². The van der Waals surface area contributed by atoms with E-state index in [1.54, 1.807) is 6.92 Å². The van der Waals surface area contributed by atoms with Crippen LogP contribution in [0.25, 0.3) is 0 Å². The van der Waals surface area contributed by atoms with Crippen molar-refractivity contribution in [2.24, 2.45) is 5.41 Å². The third-order valence-electron chi connectivity index (χ3n) is 6.18. The van der Waals surface area contributed by atoms with E-state index in [9.17, 15) is 9.90 Å². The van der Waals surface area contributed by atoms with E-state index in [2.05, 4.69) is 27.3 Å². The van der Waals surface area contributed by atoms with Crippen molar-refractivity contribution in [3.63, 3.8) is 0 Å². The van der Waals surface area contributed by atoms with Crippen LogP contribution in [0.1, 0.15) is 62.7 Å². The molecule has 1 aromatic rings. The van der Waals surface area contributed by atoms with E-state index >= 15 is 0 Å². The quantitative estimate of drug-likeness (QED) is 0.699. The molecule has 1 aliphatic heterocycles. The minimum Gasteiger partial charge on any atom is -0.393 e. The number of nitrogens with zero attached hydrogens (tertiary/aromatic N) is 3. The molecule has 23 heavy (non-hydrogen) atoms. The van der Waals surface area contributed by atoms with Gasteiger partial charge in [-0.3, -0.25) is 9.48 Å². The van der Waals surface area contributed by atoms with Gasteiger partial charge in [-0.1, -0.05) is 0 Å². The Labute approximate surface area is 150 Å². The molecule has 0 bridgehead atoms. The number of aliphatic hydroxyl groups is 1. The second kappa shape index (κ2) is 5.72. The summed E-state index contributed by atoms with van der Waals surface area (Å²) in [6, 6.07) is 0.500. The fourth-order valence-corrected chi connectivity index (χ4v) is 5.50. The van der Waals surface area contributed by atoms with Crippen LogP contribution in [0, 0.1) is 9.12 Å². The molecular weight excluding hydrogens is 405 g/mol. The van der Waals surface area contributed by atoms with Crippen molar-refractivity contribution in [3.8, 4) is 0 Å². The predicted octanol–water partition coefficient (Wildman–Crippen LogP) is 2.65. The number of hydrogen-bond donors (Lipinski definition) is 1. The maximum atomic E-state index is 11.6. The lowest BCUT2D eigenvalue weighted by molar-refractivity contribution is -0.129. The van der Waals surface area contributed by atoms with Gasteiger partial charge in [0.15, 0.2) is 0 Å². The third-order valence-corrected chi connectivity index (χ3v) is 7.05. The van der Waals surface area contributed by atoms with Gasteiger partial charge in [-0.25, -0.2) is 0 Å². The average molecular weight is 429 g/mol. The molecular formula is C17H24IN3O2. The van der Waals surface area contributed by atoms with Gasteiger partial charge in [0, 0.05) is 31.1 Å². The molecule has 4 rings (SSSR count). The first kappa shape index (κ1) is 15.9. The summed E-state index contributed by atoms with van der Waals surface area (Å²) in [5.41, 5.74) is 3.04. The van der Waals surface area contributed by atoms with Crippen LogP contribution >= 0.6 is 22.6 Å². The van der Waals surface area contributed by atoms with Crippen molar-refractivity contribution in [1.82, 2.24) is 14.7 Å². The maximum absolute atomic E-state index is 11.6. The van der Waals surface area contributed by atoms with Crippen LogP contribution in [0.3, 0.4) is 0 Å². The molecule has 0 radical (unpaired) electrons. The number of fused-ring (bicyclic) bond motifs is 1. The van der Waals surface area contributed by atoms with Crippen LogP contribution in [0.15, 0.2) is 0 Å². The van der Waals surface area contributed by atoms with E-state index in [1.807, 2.05) is 4.90 Å². The summed E-state index contributed by atoms with van der Waals surface area (Å²) in [4.78, 5) is 13.6. The van der Waals surface area contributed by atoms with Crippen molar-refractivity contribution < 1.29 is 9.90 Å². The first-order valence-corrected chi connectivity index (χ1v) is 9.75. The average Bonchev–Trinajstić information content (AvgIpc) is 2.83. The number of aliphatic hydroxyl groups excluding tert-OH is 1. The van der Waals surface area contributed by atoms with Crippen LogP contribution in [-0.4, -0.2) is 38.3 Å². The van der Waals surface area contributed by atoms with Gasteiger partial charge >= 0.3 is 0 Å². The van der Waals surface area contributed by atoms with Gasteiger partial charge in [0.25, 0.3) is 0 Å². The highest BCUT2D eigenvalue weighted by Crippen LogP contribution is 2.53. The number of hydrogen-bond acceptors (Lipinski definition) is 3. The zero-order valence-corrected chi connectivity index (χ0v) is 15.8.